The van der Waals surface area contributed by atoms with Crippen LogP contribution in [0.1, 0.15) is 16.1 Å². The Morgan fingerprint density at radius 3 is 2.95 bits per heavy atom. The van der Waals surface area contributed by atoms with Crippen molar-refractivity contribution in [1.82, 2.24) is 9.78 Å². The van der Waals surface area contributed by atoms with E-state index in [1.165, 1.54) is 12.1 Å². The van der Waals surface area contributed by atoms with E-state index in [0.29, 0.717) is 23.3 Å². The van der Waals surface area contributed by atoms with E-state index < -0.39 is 11.7 Å². The predicted octanol–water partition coefficient (Wildman–Crippen LogP) is 2.99. The number of methoxy groups -OCH3 is 1. The average Bonchev–Trinajstić information content (AvgIpc) is 2.80. The lowest BCUT2D eigenvalue weighted by Gasteiger charge is -2.10. The van der Waals surface area contributed by atoms with Crippen LogP contribution in [-0.2, 0) is 11.3 Å². The van der Waals surface area contributed by atoms with Crippen LogP contribution in [0.3, 0.4) is 0 Å². The van der Waals surface area contributed by atoms with E-state index in [9.17, 15) is 9.18 Å². The Morgan fingerprint density at radius 2 is 2.29 bits per heavy atom. The normalized spacial score (nSPS) is 10.7. The summed E-state index contributed by atoms with van der Waals surface area (Å²) in [5.41, 5.74) is 1.25. The smallest absolute Gasteiger partial charge is 0.274 e. The molecular formula is C14H15BrFN3O2. The SMILES string of the molecule is COCCn1ncc(C)c1C(=O)Nc1ccc(Br)cc1F. The molecular weight excluding hydrogens is 341 g/mol. The fraction of sp³-hybridized carbons (Fsp3) is 0.286. The van der Waals surface area contributed by atoms with Crippen molar-refractivity contribution in [1.29, 1.82) is 0 Å². The summed E-state index contributed by atoms with van der Waals surface area (Å²) in [4.78, 5) is 12.3. The van der Waals surface area contributed by atoms with E-state index in [4.69, 9.17) is 4.74 Å². The van der Waals surface area contributed by atoms with Crippen molar-refractivity contribution >= 4 is 27.5 Å². The molecule has 2 aromatic rings. The fourth-order valence-corrected chi connectivity index (χ4v) is 2.23. The summed E-state index contributed by atoms with van der Waals surface area (Å²) in [6, 6.07) is 4.46. The number of carbonyl (C=O) groups excluding carboxylic acids is 1. The molecule has 0 saturated heterocycles. The molecule has 1 amide bonds. The fourth-order valence-electron chi connectivity index (χ4n) is 1.89. The van der Waals surface area contributed by atoms with Crippen LogP contribution in [0.15, 0.2) is 28.9 Å². The van der Waals surface area contributed by atoms with Gasteiger partial charge in [0.1, 0.15) is 11.5 Å². The van der Waals surface area contributed by atoms with Crippen LogP contribution in [0.5, 0.6) is 0 Å². The highest BCUT2D eigenvalue weighted by Gasteiger charge is 2.17. The van der Waals surface area contributed by atoms with Gasteiger partial charge in [-0.3, -0.25) is 9.48 Å². The molecule has 0 aliphatic carbocycles. The first-order valence-electron chi connectivity index (χ1n) is 6.30. The van der Waals surface area contributed by atoms with Crippen molar-refractivity contribution in [3.8, 4) is 0 Å². The van der Waals surface area contributed by atoms with Crippen molar-refractivity contribution in [3.05, 3.63) is 45.9 Å². The molecule has 0 aliphatic heterocycles. The Balaban J connectivity index is 2.22. The van der Waals surface area contributed by atoms with Gasteiger partial charge >= 0.3 is 0 Å². The lowest BCUT2D eigenvalue weighted by Crippen LogP contribution is -2.20. The van der Waals surface area contributed by atoms with Crippen molar-refractivity contribution in [2.75, 3.05) is 19.0 Å². The minimum Gasteiger partial charge on any atom is -0.383 e. The maximum atomic E-state index is 13.8. The van der Waals surface area contributed by atoms with Crippen LogP contribution < -0.4 is 5.32 Å². The first kappa shape index (κ1) is 15.7. The molecule has 0 fully saturated rings. The van der Waals surface area contributed by atoms with E-state index >= 15 is 0 Å². The second-order valence-electron chi connectivity index (χ2n) is 4.47. The van der Waals surface area contributed by atoms with Gasteiger partial charge in [-0.2, -0.15) is 5.10 Å². The van der Waals surface area contributed by atoms with Crippen molar-refractivity contribution in [3.63, 3.8) is 0 Å². The van der Waals surface area contributed by atoms with Gasteiger partial charge in [0, 0.05) is 11.6 Å². The lowest BCUT2D eigenvalue weighted by atomic mass is 10.2. The molecule has 1 N–H and O–H groups in total. The largest absolute Gasteiger partial charge is 0.383 e. The van der Waals surface area contributed by atoms with E-state index in [-0.39, 0.29) is 5.69 Å². The number of hydrogen-bond donors (Lipinski definition) is 1. The second kappa shape index (κ2) is 6.82. The van der Waals surface area contributed by atoms with Gasteiger partial charge in [-0.25, -0.2) is 4.39 Å². The Labute approximate surface area is 130 Å². The standard InChI is InChI=1S/C14H15BrFN3O2/c1-9-8-17-19(5-6-21-2)13(9)14(20)18-12-4-3-10(15)7-11(12)16/h3-4,7-8H,5-6H2,1-2H3,(H,18,20). The summed E-state index contributed by atoms with van der Waals surface area (Å²) >= 11 is 3.17. The summed E-state index contributed by atoms with van der Waals surface area (Å²) in [5, 5.41) is 6.69. The Hall–Kier alpha value is -1.73. The third-order valence-electron chi connectivity index (χ3n) is 2.92. The summed E-state index contributed by atoms with van der Waals surface area (Å²) in [5.74, 6) is -0.902. The van der Waals surface area contributed by atoms with Crippen LogP contribution in [0.4, 0.5) is 10.1 Å². The van der Waals surface area contributed by atoms with Gasteiger partial charge in [0.15, 0.2) is 0 Å². The van der Waals surface area contributed by atoms with Crippen molar-refractivity contribution in [2.24, 2.45) is 0 Å². The van der Waals surface area contributed by atoms with Crippen LogP contribution in [-0.4, -0.2) is 29.4 Å². The highest BCUT2D eigenvalue weighted by molar-refractivity contribution is 9.10. The number of carbonyl (C=O) groups is 1. The molecule has 0 unspecified atom stereocenters. The second-order valence-corrected chi connectivity index (χ2v) is 5.39. The molecule has 0 saturated carbocycles. The summed E-state index contributed by atoms with van der Waals surface area (Å²) < 4.78 is 20.9. The number of amides is 1. The number of rotatable bonds is 5. The number of hydrogen-bond acceptors (Lipinski definition) is 3. The first-order chi connectivity index (χ1) is 10.0. The van der Waals surface area contributed by atoms with Crippen molar-refractivity contribution in [2.45, 2.75) is 13.5 Å². The number of aromatic nitrogens is 2. The Morgan fingerprint density at radius 1 is 1.52 bits per heavy atom. The quantitative estimate of drug-likeness (QED) is 0.896. The number of nitrogens with zero attached hydrogens (tertiary/aromatic N) is 2. The summed E-state index contributed by atoms with van der Waals surface area (Å²) in [6.07, 6.45) is 1.60. The minimum absolute atomic E-state index is 0.127. The molecule has 2 rings (SSSR count). The lowest BCUT2D eigenvalue weighted by molar-refractivity contribution is 0.101. The Kier molecular flexibility index (Phi) is 5.08. The average molecular weight is 356 g/mol. The molecule has 0 aliphatic rings. The third-order valence-corrected chi connectivity index (χ3v) is 3.42. The van der Waals surface area contributed by atoms with E-state index in [1.807, 2.05) is 0 Å². The van der Waals surface area contributed by atoms with Gasteiger partial charge in [-0.1, -0.05) is 15.9 Å². The molecule has 0 atom stereocenters. The van der Waals surface area contributed by atoms with Gasteiger partial charge in [0.2, 0.25) is 0 Å². The van der Waals surface area contributed by atoms with Crippen LogP contribution >= 0.6 is 15.9 Å². The maximum absolute atomic E-state index is 13.8. The third kappa shape index (κ3) is 3.68. The number of benzene rings is 1. The van der Waals surface area contributed by atoms with E-state index in [0.717, 1.165) is 5.56 Å². The summed E-state index contributed by atoms with van der Waals surface area (Å²) in [6.45, 7) is 2.67. The molecule has 21 heavy (non-hydrogen) atoms. The zero-order valence-corrected chi connectivity index (χ0v) is 13.3. The Bertz CT molecular complexity index is 658. The number of anilines is 1. The molecule has 0 bridgehead atoms. The number of ether oxygens (including phenoxy) is 1. The van der Waals surface area contributed by atoms with Crippen LogP contribution in [0, 0.1) is 12.7 Å². The number of nitrogens with one attached hydrogen (secondary N) is 1. The van der Waals surface area contributed by atoms with Gasteiger partial charge in [-0.15, -0.1) is 0 Å². The molecule has 1 aromatic heterocycles. The monoisotopic (exact) mass is 355 g/mol. The number of aryl methyl sites for hydroxylation is 1. The predicted molar refractivity (Wildman–Crippen MR) is 80.9 cm³/mol. The molecule has 1 aromatic carbocycles. The van der Waals surface area contributed by atoms with Gasteiger partial charge in [-0.05, 0) is 30.7 Å². The maximum Gasteiger partial charge on any atom is 0.274 e. The minimum atomic E-state index is -0.502. The first-order valence-corrected chi connectivity index (χ1v) is 7.10. The molecule has 5 nitrogen and oxygen atoms in total. The van der Waals surface area contributed by atoms with E-state index in [1.54, 1.807) is 31.0 Å². The van der Waals surface area contributed by atoms with Gasteiger partial charge in [0.05, 0.1) is 25.0 Å². The number of halogens is 2. The zero-order chi connectivity index (χ0) is 15.4. The zero-order valence-electron chi connectivity index (χ0n) is 11.7. The van der Waals surface area contributed by atoms with Gasteiger partial charge < -0.3 is 10.1 Å². The van der Waals surface area contributed by atoms with E-state index in [2.05, 4.69) is 26.3 Å². The van der Waals surface area contributed by atoms with Crippen LogP contribution in [0.25, 0.3) is 0 Å². The summed E-state index contributed by atoms with van der Waals surface area (Å²) in [7, 11) is 1.58. The topological polar surface area (TPSA) is 56.2 Å². The highest BCUT2D eigenvalue weighted by atomic mass is 79.9. The van der Waals surface area contributed by atoms with Crippen molar-refractivity contribution < 1.29 is 13.9 Å². The molecule has 112 valence electrons. The molecule has 0 spiro atoms. The molecule has 1 heterocycles. The highest BCUT2D eigenvalue weighted by Crippen LogP contribution is 2.20. The molecule has 7 heteroatoms. The molecule has 0 radical (unpaired) electrons. The van der Waals surface area contributed by atoms with Gasteiger partial charge in [0.25, 0.3) is 5.91 Å². The van der Waals surface area contributed by atoms with Crippen LogP contribution in [0.2, 0.25) is 0 Å².